The maximum atomic E-state index is 5.63. The Morgan fingerprint density at radius 2 is 1.45 bits per heavy atom. The van der Waals surface area contributed by atoms with Crippen molar-refractivity contribution in [3.05, 3.63) is 46.8 Å². The highest BCUT2D eigenvalue weighted by Gasteiger charge is 2.37. The van der Waals surface area contributed by atoms with Crippen molar-refractivity contribution in [2.75, 3.05) is 10.6 Å². The number of guanidine groups is 1. The summed E-state index contributed by atoms with van der Waals surface area (Å²) >= 11 is 5.63. The molecular weight excluding hydrogens is 430 g/mol. The minimum absolute atomic E-state index is 0.0186. The van der Waals surface area contributed by atoms with Gasteiger partial charge in [-0.2, -0.15) is 0 Å². The van der Waals surface area contributed by atoms with E-state index >= 15 is 0 Å². The van der Waals surface area contributed by atoms with Crippen LogP contribution in [0.2, 0.25) is 0 Å². The van der Waals surface area contributed by atoms with Gasteiger partial charge in [-0.3, -0.25) is 5.32 Å². The van der Waals surface area contributed by atoms with Gasteiger partial charge >= 0.3 is 0 Å². The van der Waals surface area contributed by atoms with Crippen molar-refractivity contribution >= 4 is 34.9 Å². The third kappa shape index (κ3) is 7.75. The van der Waals surface area contributed by atoms with Gasteiger partial charge in [-0.25, -0.2) is 15.0 Å². The zero-order chi connectivity index (χ0) is 24.4. The molecule has 8 heteroatoms. The zero-order valence-corrected chi connectivity index (χ0v) is 21.9. The summed E-state index contributed by atoms with van der Waals surface area (Å²) in [6.45, 7) is 16.9. The van der Waals surface area contributed by atoms with Gasteiger partial charge in [0.1, 0.15) is 0 Å². The molecule has 0 atom stereocenters. The Balaban J connectivity index is 1.85. The Hall–Kier alpha value is -2.58. The molecular formula is C25H37N7S. The SMILES string of the molecule is Cc1cc(C)cc(NC(=S)NC(=NC2CC(C)(C)NC(C)(C)C2)Nc2nc(C)cc(C)n2)c1. The van der Waals surface area contributed by atoms with Crippen molar-refractivity contribution in [3.8, 4) is 0 Å². The standard InChI is InChI=1S/C25H37N7S/c1-15-9-16(2)11-19(10-15)29-23(33)31-22(30-21-26-17(3)12-18(4)27-21)28-20-13-24(5,6)32-25(7,8)14-20/h9-12,20,32H,13-14H2,1-8H3,(H3,26,27,28,29,30,31,33). The lowest BCUT2D eigenvalue weighted by Gasteiger charge is -2.45. The van der Waals surface area contributed by atoms with Crippen LogP contribution in [0.5, 0.6) is 0 Å². The summed E-state index contributed by atoms with van der Waals surface area (Å²) in [6, 6.07) is 8.32. The van der Waals surface area contributed by atoms with Crippen molar-refractivity contribution < 1.29 is 0 Å². The van der Waals surface area contributed by atoms with E-state index in [4.69, 9.17) is 17.2 Å². The second-order valence-corrected chi connectivity index (χ2v) is 10.9. The molecule has 1 aliphatic rings. The molecule has 1 aliphatic heterocycles. The fraction of sp³-hybridized carbons (Fsp3) is 0.520. The van der Waals surface area contributed by atoms with Crippen molar-refractivity contribution in [2.24, 2.45) is 4.99 Å². The normalized spacial score (nSPS) is 18.0. The maximum absolute atomic E-state index is 5.63. The lowest BCUT2D eigenvalue weighted by Crippen LogP contribution is -2.59. The lowest BCUT2D eigenvalue weighted by atomic mass is 9.80. The fourth-order valence-corrected chi connectivity index (χ4v) is 5.06. The average Bonchev–Trinajstić information content (AvgIpc) is 2.56. The molecule has 0 radical (unpaired) electrons. The Kier molecular flexibility index (Phi) is 7.39. The van der Waals surface area contributed by atoms with Crippen LogP contribution in [0.1, 0.15) is 63.1 Å². The van der Waals surface area contributed by atoms with Crippen LogP contribution >= 0.6 is 12.2 Å². The van der Waals surface area contributed by atoms with E-state index in [1.54, 1.807) is 0 Å². The first-order valence-electron chi connectivity index (χ1n) is 11.4. The molecule has 3 rings (SSSR count). The molecule has 1 aromatic heterocycles. The minimum atomic E-state index is -0.0186. The van der Waals surface area contributed by atoms with Gasteiger partial charge in [-0.15, -0.1) is 0 Å². The highest BCUT2D eigenvalue weighted by Crippen LogP contribution is 2.30. The molecule has 0 amide bonds. The van der Waals surface area contributed by atoms with Gasteiger partial charge in [0, 0.05) is 28.2 Å². The number of anilines is 2. The summed E-state index contributed by atoms with van der Waals surface area (Å²) in [6.07, 6.45) is 1.82. The van der Waals surface area contributed by atoms with Gasteiger partial charge in [0.05, 0.1) is 6.04 Å². The molecule has 0 spiro atoms. The molecule has 2 heterocycles. The molecule has 33 heavy (non-hydrogen) atoms. The molecule has 7 nitrogen and oxygen atoms in total. The number of hydrogen-bond donors (Lipinski definition) is 4. The van der Waals surface area contributed by atoms with E-state index in [1.807, 2.05) is 19.9 Å². The predicted octanol–water partition coefficient (Wildman–Crippen LogP) is 4.77. The van der Waals surface area contributed by atoms with Crippen LogP contribution < -0.4 is 21.3 Å². The smallest absolute Gasteiger partial charge is 0.229 e. The first-order chi connectivity index (χ1) is 15.3. The van der Waals surface area contributed by atoms with Gasteiger partial charge in [0.15, 0.2) is 5.11 Å². The Bertz CT molecular complexity index is 1000. The summed E-state index contributed by atoms with van der Waals surface area (Å²) in [7, 11) is 0. The third-order valence-electron chi connectivity index (χ3n) is 5.40. The quantitative estimate of drug-likeness (QED) is 0.294. The van der Waals surface area contributed by atoms with E-state index < -0.39 is 0 Å². The molecule has 1 fully saturated rings. The van der Waals surface area contributed by atoms with E-state index in [0.29, 0.717) is 17.0 Å². The van der Waals surface area contributed by atoms with Gasteiger partial charge in [-0.1, -0.05) is 6.07 Å². The Morgan fingerprint density at radius 3 is 2.00 bits per heavy atom. The number of thiocarbonyl (C=S) groups is 1. The molecule has 0 bridgehead atoms. The van der Waals surface area contributed by atoms with E-state index in [-0.39, 0.29) is 17.1 Å². The van der Waals surface area contributed by atoms with E-state index in [2.05, 4.69) is 91.0 Å². The first kappa shape index (κ1) is 25.1. The van der Waals surface area contributed by atoms with Crippen LogP contribution in [-0.2, 0) is 0 Å². The van der Waals surface area contributed by atoms with E-state index in [1.165, 1.54) is 11.1 Å². The highest BCUT2D eigenvalue weighted by molar-refractivity contribution is 7.80. The van der Waals surface area contributed by atoms with Gasteiger partial charge in [0.2, 0.25) is 11.9 Å². The largest absolute Gasteiger partial charge is 0.332 e. The van der Waals surface area contributed by atoms with Crippen molar-refractivity contribution in [1.82, 2.24) is 20.6 Å². The number of benzene rings is 1. The molecule has 178 valence electrons. The molecule has 0 saturated carbocycles. The predicted molar refractivity (Wildman–Crippen MR) is 142 cm³/mol. The summed E-state index contributed by atoms with van der Waals surface area (Å²) in [5.41, 5.74) is 5.04. The van der Waals surface area contributed by atoms with Crippen LogP contribution in [0.3, 0.4) is 0 Å². The average molecular weight is 468 g/mol. The fourth-order valence-electron chi connectivity index (χ4n) is 4.84. The molecule has 2 aromatic rings. The van der Waals surface area contributed by atoms with Crippen LogP contribution in [0, 0.1) is 27.7 Å². The van der Waals surface area contributed by atoms with E-state index in [9.17, 15) is 0 Å². The lowest BCUT2D eigenvalue weighted by molar-refractivity contribution is 0.164. The summed E-state index contributed by atoms with van der Waals surface area (Å²) in [5, 5.41) is 14.0. The number of hydrogen-bond acceptors (Lipinski definition) is 5. The van der Waals surface area contributed by atoms with Crippen LogP contribution in [0.15, 0.2) is 29.3 Å². The number of rotatable bonds is 3. The van der Waals surface area contributed by atoms with Gasteiger partial charge < -0.3 is 16.0 Å². The number of aryl methyl sites for hydroxylation is 4. The monoisotopic (exact) mass is 467 g/mol. The summed E-state index contributed by atoms with van der Waals surface area (Å²) in [5.74, 6) is 1.04. The molecule has 0 unspecified atom stereocenters. The number of nitrogens with zero attached hydrogens (tertiary/aromatic N) is 3. The number of aromatic nitrogens is 2. The minimum Gasteiger partial charge on any atom is -0.332 e. The first-order valence-corrected chi connectivity index (χ1v) is 11.8. The molecule has 1 saturated heterocycles. The van der Waals surface area contributed by atoms with Crippen LogP contribution in [0.4, 0.5) is 11.6 Å². The maximum Gasteiger partial charge on any atom is 0.229 e. The third-order valence-corrected chi connectivity index (χ3v) is 5.61. The van der Waals surface area contributed by atoms with Gasteiger partial charge in [-0.05, 0) is 110 Å². The van der Waals surface area contributed by atoms with E-state index in [0.717, 1.165) is 29.9 Å². The van der Waals surface area contributed by atoms with Crippen LogP contribution in [0.25, 0.3) is 0 Å². The van der Waals surface area contributed by atoms with Gasteiger partial charge in [0.25, 0.3) is 0 Å². The van der Waals surface area contributed by atoms with Crippen LogP contribution in [-0.4, -0.2) is 38.2 Å². The van der Waals surface area contributed by atoms with Crippen molar-refractivity contribution in [3.63, 3.8) is 0 Å². The Morgan fingerprint density at radius 1 is 0.909 bits per heavy atom. The number of nitrogens with one attached hydrogen (secondary N) is 4. The highest BCUT2D eigenvalue weighted by atomic mass is 32.1. The Labute approximate surface area is 203 Å². The number of aliphatic imine (C=N–C) groups is 1. The summed E-state index contributed by atoms with van der Waals surface area (Å²) in [4.78, 5) is 14.1. The molecule has 0 aliphatic carbocycles. The second kappa shape index (κ2) is 9.73. The topological polar surface area (TPSA) is 86.3 Å². The van der Waals surface area contributed by atoms with Crippen molar-refractivity contribution in [2.45, 2.75) is 85.4 Å². The van der Waals surface area contributed by atoms with Crippen molar-refractivity contribution in [1.29, 1.82) is 0 Å². The molecule has 4 N–H and O–H groups in total. The second-order valence-electron chi connectivity index (χ2n) is 10.5. The summed E-state index contributed by atoms with van der Waals surface area (Å²) < 4.78 is 0. The zero-order valence-electron chi connectivity index (χ0n) is 21.1. The molecule has 1 aromatic carbocycles. The number of piperidine rings is 1.